The Hall–Kier alpha value is -7.40. The summed E-state index contributed by atoms with van der Waals surface area (Å²) in [6.07, 6.45) is 2.54. The van der Waals surface area contributed by atoms with Crippen molar-refractivity contribution in [3.05, 3.63) is 68.9 Å². The molecule has 1 unspecified atom stereocenters. The van der Waals surface area contributed by atoms with Gasteiger partial charge in [-0.2, -0.15) is 13.1 Å². The van der Waals surface area contributed by atoms with Crippen LogP contribution in [-0.2, 0) is 107 Å². The first-order valence-electron chi connectivity index (χ1n) is 38.2. The minimum atomic E-state index is -4.83. The molecule has 0 spiro atoms. The molecule has 30 nitrogen and oxygen atoms in total. The second kappa shape index (κ2) is 38.6. The molecule has 622 valence electrons. The van der Waals surface area contributed by atoms with Crippen molar-refractivity contribution < 1.29 is 96.6 Å². The summed E-state index contributed by atoms with van der Waals surface area (Å²) in [5, 5.41) is 7.80. The van der Waals surface area contributed by atoms with E-state index in [4.69, 9.17) is 33.4 Å². The quantitative estimate of drug-likeness (QED) is 0.0170. The Morgan fingerprint density at radius 1 is 0.613 bits per heavy atom. The summed E-state index contributed by atoms with van der Waals surface area (Å²) in [5.41, 5.74) is 1.07. The fourth-order valence-corrected chi connectivity index (χ4v) is 17.9. The molecule has 33 heteroatoms. The zero-order chi connectivity index (χ0) is 83.2. The van der Waals surface area contributed by atoms with Gasteiger partial charge in [0.05, 0.1) is 29.5 Å². The van der Waals surface area contributed by atoms with Crippen molar-refractivity contribution >= 4 is 83.4 Å². The topological polar surface area (TPSA) is 389 Å². The molecule has 3 atom stereocenters. The Bertz CT molecular complexity index is 4150. The van der Waals surface area contributed by atoms with Crippen LogP contribution in [-0.4, -0.2) is 227 Å². The predicted octanol–water partition coefficient (Wildman–Crippen LogP) is 7.09. The Balaban J connectivity index is 0.981. The second-order valence-electron chi connectivity index (χ2n) is 33.7. The zero-order valence-corrected chi connectivity index (χ0v) is 70.9. The van der Waals surface area contributed by atoms with Crippen LogP contribution in [0, 0.1) is 34.6 Å². The minimum Gasteiger partial charge on any atom is -0.494 e. The smallest absolute Gasteiger partial charge is 0.326 e. The molecule has 1 saturated heterocycles. The number of carbonyl (C=O) groups excluding carboxylic acids is 8. The van der Waals surface area contributed by atoms with Gasteiger partial charge in [-0.3, -0.25) is 57.6 Å². The number of unbranched alkanes of at least 4 members (excludes halogenated alkanes) is 1. The van der Waals surface area contributed by atoms with E-state index in [1.165, 1.54) is 16.4 Å². The summed E-state index contributed by atoms with van der Waals surface area (Å²) in [4.78, 5) is 118. The first-order valence-corrected chi connectivity index (χ1v) is 42.7. The Labute approximate surface area is 656 Å². The van der Waals surface area contributed by atoms with E-state index in [-0.39, 0.29) is 124 Å². The molecule has 3 aromatic rings. The van der Waals surface area contributed by atoms with Crippen molar-refractivity contribution in [1.82, 2.24) is 40.4 Å². The SMILES string of the molecule is Cc1cc(OCCCC(=O)NCCCC(=O)[C@H](CS(=O)(=O)O)NC(=O)CC[C@H](C(=O)OC(C)(C)C)N2CCN(CC(=O)OC(C)(C)C)CCN(CC(=O)OC(C)(C)C)CC2)cc(C)c1S(=O)(=O)NC(CNC(=O)CCCCc1ccc2c(n1)N(S(=O)(=O)c1c(C)c(C)c3c(c1C)CC(C)(C)O3)CCC2)C(=O)OC(C)(C)C. The first-order chi connectivity index (χ1) is 51.2. The van der Waals surface area contributed by atoms with Gasteiger partial charge < -0.3 is 44.4 Å². The van der Waals surface area contributed by atoms with Crippen molar-refractivity contribution in [3.8, 4) is 11.5 Å². The van der Waals surface area contributed by atoms with Crippen molar-refractivity contribution in [1.29, 1.82) is 0 Å². The number of Topliss-reactive ketones (excluding diaryl/α,β-unsaturated/α-hetero) is 1. The summed E-state index contributed by atoms with van der Waals surface area (Å²) in [6.45, 7) is 34.4. The highest BCUT2D eigenvalue weighted by molar-refractivity contribution is 7.93. The number of anilines is 1. The van der Waals surface area contributed by atoms with Crippen molar-refractivity contribution in [3.63, 3.8) is 0 Å². The Kier molecular flexibility index (Phi) is 32.2. The molecule has 0 saturated carbocycles. The molecule has 0 radical (unpaired) electrons. The molecule has 3 amide bonds. The van der Waals surface area contributed by atoms with Crippen LogP contribution >= 0.6 is 0 Å². The standard InChI is InChI=1S/C78H121N9O21S3/c1-50-43-57(44-51(2)69(50)110(99,100)83-59(72(94)107-76(12,13)14)46-80-64(90)28-21-20-26-56-31-30-55-25-23-35-87(71(55)81-56)111(101,102)70-53(4)52(3)68-58(54(70)5)45-78(18,19)106-68)103-42-24-29-63(89)79-34-22-27-62(88)60(49-109(96,97)98)82-65(91)33-32-61(73(95)108-77(15,16)17)86-40-38-84(47-66(92)104-74(6,7)8)36-37-85(39-41-86)48-67(93)105-75(9,10)11/h30-31,43-44,59-61,83H,20-29,32-42,45-49H2,1-19H3,(H,79,89)(H,80,90)(H,82,91)(H,96,97,98)/t59?,60-,61+/m0/s1. The fourth-order valence-electron chi connectivity index (χ4n) is 13.5. The average molecular weight is 1620 g/mol. The van der Waals surface area contributed by atoms with Crippen molar-refractivity contribution in [2.45, 2.75) is 271 Å². The van der Waals surface area contributed by atoms with Crippen LogP contribution in [0.15, 0.2) is 34.1 Å². The predicted molar refractivity (Wildman–Crippen MR) is 418 cm³/mol. The van der Waals surface area contributed by atoms with Gasteiger partial charge in [-0.25, -0.2) is 26.1 Å². The third-order valence-electron chi connectivity index (χ3n) is 18.5. The number of ether oxygens (including phenoxy) is 6. The molecule has 3 aliphatic rings. The van der Waals surface area contributed by atoms with E-state index >= 15 is 0 Å². The van der Waals surface area contributed by atoms with Crippen LogP contribution in [0.3, 0.4) is 0 Å². The number of carbonyl (C=O) groups is 8. The van der Waals surface area contributed by atoms with E-state index in [1.54, 1.807) is 102 Å². The normalized spacial score (nSPS) is 16.4. The number of ketones is 1. The lowest BCUT2D eigenvalue weighted by molar-refractivity contribution is -0.163. The molecule has 0 aliphatic carbocycles. The van der Waals surface area contributed by atoms with E-state index < -0.39 is 142 Å². The van der Waals surface area contributed by atoms with Gasteiger partial charge in [-0.15, -0.1) is 0 Å². The van der Waals surface area contributed by atoms with E-state index in [0.717, 1.165) is 22.4 Å². The first kappa shape index (κ1) is 92.5. The molecule has 4 heterocycles. The third-order valence-corrected chi connectivity index (χ3v) is 23.1. The molecule has 111 heavy (non-hydrogen) atoms. The number of sulfonamides is 2. The number of nitrogens with one attached hydrogen (secondary N) is 4. The number of amides is 3. The maximum Gasteiger partial charge on any atom is 0.326 e. The average Bonchev–Trinajstić information content (AvgIpc) is 1.70. The maximum absolute atomic E-state index is 14.7. The summed E-state index contributed by atoms with van der Waals surface area (Å²) in [5.74, 6) is -4.70. The summed E-state index contributed by atoms with van der Waals surface area (Å²) in [6, 6.07) is 2.45. The Morgan fingerprint density at radius 3 is 1.73 bits per heavy atom. The van der Waals surface area contributed by atoms with Gasteiger partial charge in [0.25, 0.3) is 20.1 Å². The largest absolute Gasteiger partial charge is 0.494 e. The summed E-state index contributed by atoms with van der Waals surface area (Å²) < 4.78 is 131. The van der Waals surface area contributed by atoms with E-state index in [2.05, 4.69) is 20.7 Å². The van der Waals surface area contributed by atoms with Gasteiger partial charge in [0, 0.05) is 102 Å². The van der Waals surface area contributed by atoms with Crippen LogP contribution in [0.25, 0.3) is 0 Å². The molecule has 5 N–H and O–H groups in total. The van der Waals surface area contributed by atoms with Gasteiger partial charge in [-0.1, -0.05) is 6.07 Å². The van der Waals surface area contributed by atoms with Crippen LogP contribution in [0.4, 0.5) is 5.82 Å². The number of aryl methyl sites for hydroxylation is 4. The molecular formula is C78H121N9O21S3. The zero-order valence-electron chi connectivity index (χ0n) is 68.5. The van der Waals surface area contributed by atoms with Crippen LogP contribution in [0.1, 0.15) is 206 Å². The number of benzene rings is 2. The van der Waals surface area contributed by atoms with Crippen LogP contribution in [0.5, 0.6) is 11.5 Å². The molecule has 1 aromatic heterocycles. The van der Waals surface area contributed by atoms with Gasteiger partial charge >= 0.3 is 23.9 Å². The maximum atomic E-state index is 14.7. The summed E-state index contributed by atoms with van der Waals surface area (Å²) in [7, 11) is -13.3. The molecule has 2 aromatic carbocycles. The molecule has 1 fully saturated rings. The second-order valence-corrected chi connectivity index (χ2v) is 38.7. The van der Waals surface area contributed by atoms with Gasteiger partial charge in [0.1, 0.15) is 69.2 Å². The monoisotopic (exact) mass is 1620 g/mol. The third kappa shape index (κ3) is 29.5. The highest BCUT2D eigenvalue weighted by Gasteiger charge is 2.41. The minimum absolute atomic E-state index is 0.0175. The molecule has 3 aliphatic heterocycles. The van der Waals surface area contributed by atoms with Crippen LogP contribution in [0.2, 0.25) is 0 Å². The molecule has 6 rings (SSSR count). The number of hydrogen-bond donors (Lipinski definition) is 5. The summed E-state index contributed by atoms with van der Waals surface area (Å²) >= 11 is 0. The van der Waals surface area contributed by atoms with Crippen LogP contribution < -0.4 is 34.5 Å². The van der Waals surface area contributed by atoms with Gasteiger partial charge in [-0.05, 0) is 234 Å². The van der Waals surface area contributed by atoms with E-state index in [0.29, 0.717) is 74.3 Å². The lowest BCUT2D eigenvalue weighted by Crippen LogP contribution is -2.50. The number of rotatable bonds is 35. The number of fused-ring (bicyclic) bond motifs is 2. The number of aromatic nitrogens is 1. The fraction of sp³-hybridized carbons (Fsp3) is 0.679. The molecule has 0 bridgehead atoms. The lowest BCUT2D eigenvalue weighted by atomic mass is 9.94. The lowest BCUT2D eigenvalue weighted by Gasteiger charge is -2.34. The molecular weight excluding hydrogens is 1500 g/mol. The van der Waals surface area contributed by atoms with E-state index in [9.17, 15) is 68.2 Å². The Morgan fingerprint density at radius 2 is 1.16 bits per heavy atom. The number of nitrogens with zero attached hydrogens (tertiary/aromatic N) is 5. The van der Waals surface area contributed by atoms with E-state index in [1.807, 2.05) is 56.6 Å². The van der Waals surface area contributed by atoms with Gasteiger partial charge in [0.15, 0.2) is 5.78 Å². The highest BCUT2D eigenvalue weighted by atomic mass is 32.2. The number of pyridine rings is 1. The van der Waals surface area contributed by atoms with Gasteiger partial charge in [0.2, 0.25) is 27.7 Å². The van der Waals surface area contributed by atoms with Crippen molar-refractivity contribution in [2.75, 3.05) is 88.7 Å². The van der Waals surface area contributed by atoms with Crippen molar-refractivity contribution in [2.24, 2.45) is 0 Å². The number of hydrogen-bond acceptors (Lipinski definition) is 24. The highest BCUT2D eigenvalue weighted by Crippen LogP contribution is 2.45. The number of esters is 4.